The second kappa shape index (κ2) is 6.95. The Hall–Kier alpha value is -1.26. The second-order valence-corrected chi connectivity index (χ2v) is 5.63. The van der Waals surface area contributed by atoms with Gasteiger partial charge in [-0.05, 0) is 42.8 Å². The summed E-state index contributed by atoms with van der Waals surface area (Å²) in [6, 6.07) is 11.6. The average molecular weight is 340 g/mol. The van der Waals surface area contributed by atoms with Crippen molar-refractivity contribution in [1.82, 2.24) is 5.32 Å². The molecule has 1 atom stereocenters. The van der Waals surface area contributed by atoms with Crippen LogP contribution in [0.1, 0.15) is 17.0 Å². The van der Waals surface area contributed by atoms with Gasteiger partial charge in [0.25, 0.3) is 0 Å². The lowest BCUT2D eigenvalue weighted by Crippen LogP contribution is -2.20. The topological polar surface area (TPSA) is 12.0 Å². The number of hydrogen-bond acceptors (Lipinski definition) is 1. The zero-order chi connectivity index (χ0) is 14.5. The van der Waals surface area contributed by atoms with Crippen LogP contribution in [0.3, 0.4) is 0 Å². The van der Waals surface area contributed by atoms with Crippen LogP contribution in [-0.2, 0) is 6.42 Å². The maximum absolute atomic E-state index is 13.9. The molecule has 4 heteroatoms. The zero-order valence-corrected chi connectivity index (χ0v) is 12.8. The summed E-state index contributed by atoms with van der Waals surface area (Å²) in [6.07, 6.45) is 0.459. The Labute approximate surface area is 126 Å². The molecule has 106 valence electrons. The highest BCUT2D eigenvalue weighted by molar-refractivity contribution is 9.10. The summed E-state index contributed by atoms with van der Waals surface area (Å²) < 4.78 is 28.5. The number of hydrogen-bond donors (Lipinski definition) is 1. The van der Waals surface area contributed by atoms with Gasteiger partial charge in [0.05, 0.1) is 0 Å². The summed E-state index contributed by atoms with van der Waals surface area (Å²) in [7, 11) is 1.81. The predicted octanol–water partition coefficient (Wildman–Crippen LogP) is 4.27. The molecule has 2 rings (SSSR count). The van der Waals surface area contributed by atoms with Gasteiger partial charge in [0, 0.05) is 16.9 Å². The van der Waals surface area contributed by atoms with E-state index >= 15 is 0 Å². The van der Waals surface area contributed by atoms with Crippen LogP contribution in [-0.4, -0.2) is 13.6 Å². The van der Waals surface area contributed by atoms with Crippen molar-refractivity contribution in [3.05, 3.63) is 69.7 Å². The normalized spacial score (nSPS) is 12.4. The Bertz CT molecular complexity index is 586. The summed E-state index contributed by atoms with van der Waals surface area (Å²) in [5.74, 6) is -0.612. The summed E-state index contributed by atoms with van der Waals surface area (Å²) in [6.45, 7) is 0.594. The van der Waals surface area contributed by atoms with Crippen LogP contribution in [0.25, 0.3) is 0 Å². The molecule has 1 unspecified atom stereocenters. The van der Waals surface area contributed by atoms with Crippen molar-refractivity contribution in [2.45, 2.75) is 12.3 Å². The maximum Gasteiger partial charge on any atom is 0.127 e. The van der Waals surface area contributed by atoms with Crippen LogP contribution < -0.4 is 5.32 Å². The van der Waals surface area contributed by atoms with Crippen LogP contribution in [0.2, 0.25) is 0 Å². The van der Waals surface area contributed by atoms with Crippen LogP contribution in [0.5, 0.6) is 0 Å². The van der Waals surface area contributed by atoms with Crippen LogP contribution >= 0.6 is 15.9 Å². The molecule has 2 aromatic rings. The van der Waals surface area contributed by atoms with E-state index in [1.165, 1.54) is 12.1 Å². The van der Waals surface area contributed by atoms with Crippen molar-refractivity contribution in [3.8, 4) is 0 Å². The van der Waals surface area contributed by atoms with Gasteiger partial charge < -0.3 is 5.32 Å². The largest absolute Gasteiger partial charge is 0.319 e. The Kier molecular flexibility index (Phi) is 5.26. The van der Waals surface area contributed by atoms with E-state index in [-0.39, 0.29) is 17.6 Å². The van der Waals surface area contributed by atoms with Crippen LogP contribution in [0.15, 0.2) is 46.9 Å². The quantitative estimate of drug-likeness (QED) is 0.857. The Balaban J connectivity index is 2.28. The van der Waals surface area contributed by atoms with Gasteiger partial charge in [0.15, 0.2) is 0 Å². The molecule has 0 amide bonds. The molecule has 0 heterocycles. The minimum absolute atomic E-state index is 0.100. The van der Waals surface area contributed by atoms with Crippen LogP contribution in [0, 0.1) is 11.6 Å². The number of halogens is 3. The third-order valence-electron chi connectivity index (χ3n) is 3.28. The molecule has 0 saturated carbocycles. The molecule has 0 aliphatic heterocycles. The van der Waals surface area contributed by atoms with Gasteiger partial charge in [-0.1, -0.05) is 40.2 Å². The predicted molar refractivity (Wildman–Crippen MR) is 80.9 cm³/mol. The molecule has 1 nitrogen and oxygen atoms in total. The fourth-order valence-corrected chi connectivity index (χ4v) is 2.63. The van der Waals surface area contributed by atoms with Gasteiger partial charge >= 0.3 is 0 Å². The van der Waals surface area contributed by atoms with E-state index in [0.29, 0.717) is 28.6 Å². The molecule has 0 aliphatic rings. The van der Waals surface area contributed by atoms with E-state index in [1.807, 2.05) is 7.05 Å². The first-order valence-electron chi connectivity index (χ1n) is 6.44. The molecule has 0 spiro atoms. The third-order valence-corrected chi connectivity index (χ3v) is 3.77. The Morgan fingerprint density at radius 1 is 1.10 bits per heavy atom. The maximum atomic E-state index is 13.9. The molecule has 0 aliphatic carbocycles. The van der Waals surface area contributed by atoms with Crippen molar-refractivity contribution in [3.63, 3.8) is 0 Å². The first kappa shape index (κ1) is 15.1. The second-order valence-electron chi connectivity index (χ2n) is 4.72. The SMILES string of the molecule is CNCC(Cc1ccc(Br)cc1F)c1ccccc1F. The van der Waals surface area contributed by atoms with Gasteiger partial charge in [-0.25, -0.2) is 8.78 Å². The summed E-state index contributed by atoms with van der Waals surface area (Å²) >= 11 is 3.24. The smallest absolute Gasteiger partial charge is 0.127 e. The van der Waals surface area contributed by atoms with Gasteiger partial charge in [-0.3, -0.25) is 0 Å². The first-order chi connectivity index (χ1) is 9.61. The first-order valence-corrected chi connectivity index (χ1v) is 7.24. The van der Waals surface area contributed by atoms with E-state index in [0.717, 1.165) is 0 Å². The lowest BCUT2D eigenvalue weighted by atomic mass is 9.91. The summed E-state index contributed by atoms with van der Waals surface area (Å²) in [5, 5.41) is 3.05. The molecule has 0 fully saturated rings. The molecule has 0 radical (unpaired) electrons. The van der Waals surface area contributed by atoms with Crippen molar-refractivity contribution in [2.24, 2.45) is 0 Å². The number of nitrogens with one attached hydrogen (secondary N) is 1. The Morgan fingerprint density at radius 2 is 1.85 bits per heavy atom. The lowest BCUT2D eigenvalue weighted by molar-refractivity contribution is 0.541. The summed E-state index contributed by atoms with van der Waals surface area (Å²) in [4.78, 5) is 0. The van der Waals surface area contributed by atoms with Gasteiger partial charge in [-0.15, -0.1) is 0 Å². The minimum Gasteiger partial charge on any atom is -0.319 e. The van der Waals surface area contributed by atoms with Gasteiger partial charge in [-0.2, -0.15) is 0 Å². The number of rotatable bonds is 5. The molecular weight excluding hydrogens is 324 g/mol. The lowest BCUT2D eigenvalue weighted by Gasteiger charge is -2.18. The minimum atomic E-state index is -0.267. The fourth-order valence-electron chi connectivity index (χ4n) is 2.30. The highest BCUT2D eigenvalue weighted by atomic mass is 79.9. The highest BCUT2D eigenvalue weighted by Crippen LogP contribution is 2.25. The Morgan fingerprint density at radius 3 is 2.50 bits per heavy atom. The molecule has 20 heavy (non-hydrogen) atoms. The number of likely N-dealkylation sites (N-methyl/N-ethyl adjacent to an activating group) is 1. The van der Waals surface area contributed by atoms with E-state index in [2.05, 4.69) is 21.2 Å². The van der Waals surface area contributed by atoms with E-state index in [1.54, 1.807) is 30.3 Å². The third kappa shape index (κ3) is 3.64. The van der Waals surface area contributed by atoms with E-state index < -0.39 is 0 Å². The van der Waals surface area contributed by atoms with Crippen molar-refractivity contribution in [2.75, 3.05) is 13.6 Å². The van der Waals surface area contributed by atoms with Crippen LogP contribution in [0.4, 0.5) is 8.78 Å². The standard InChI is InChI=1S/C16H16BrF2N/c1-20-10-12(14-4-2-3-5-15(14)18)8-11-6-7-13(17)9-16(11)19/h2-7,9,12,20H,8,10H2,1H3. The molecule has 2 aromatic carbocycles. The molecule has 0 aromatic heterocycles. The highest BCUT2D eigenvalue weighted by Gasteiger charge is 2.17. The van der Waals surface area contributed by atoms with Crippen molar-refractivity contribution < 1.29 is 8.78 Å². The molecule has 0 saturated heterocycles. The number of benzene rings is 2. The van der Waals surface area contributed by atoms with E-state index in [4.69, 9.17) is 0 Å². The van der Waals surface area contributed by atoms with Crippen molar-refractivity contribution in [1.29, 1.82) is 0 Å². The molecule has 1 N–H and O–H groups in total. The molecule has 0 bridgehead atoms. The molecular formula is C16H16BrF2N. The van der Waals surface area contributed by atoms with Crippen molar-refractivity contribution >= 4 is 15.9 Å². The summed E-state index contributed by atoms with van der Waals surface area (Å²) in [5.41, 5.74) is 1.21. The monoisotopic (exact) mass is 339 g/mol. The zero-order valence-electron chi connectivity index (χ0n) is 11.2. The van der Waals surface area contributed by atoms with Gasteiger partial charge in [0.1, 0.15) is 11.6 Å². The average Bonchev–Trinajstić information content (AvgIpc) is 2.42. The van der Waals surface area contributed by atoms with E-state index in [9.17, 15) is 8.78 Å². The van der Waals surface area contributed by atoms with Gasteiger partial charge in [0.2, 0.25) is 0 Å². The fraction of sp³-hybridized carbons (Fsp3) is 0.250.